The summed E-state index contributed by atoms with van der Waals surface area (Å²) in [5, 5.41) is 8.48. The fourth-order valence-corrected chi connectivity index (χ4v) is 1.52. The average molecular weight is 477 g/mol. The van der Waals surface area contributed by atoms with Gasteiger partial charge in [-0.25, -0.2) is 9.59 Å². The number of aldehydes is 1. The Balaban J connectivity index is -0.000000457. The van der Waals surface area contributed by atoms with Gasteiger partial charge >= 0.3 is 12.2 Å². The van der Waals surface area contributed by atoms with Crippen LogP contribution >= 0.6 is 0 Å². The molecule has 5 N–H and O–H groups in total. The third-order valence-electron chi connectivity index (χ3n) is 2.79. The van der Waals surface area contributed by atoms with Crippen LogP contribution in [-0.4, -0.2) is 62.4 Å². The second-order valence-corrected chi connectivity index (χ2v) is 11.9. The summed E-state index contributed by atoms with van der Waals surface area (Å²) in [6.07, 6.45) is 0.167. The fourth-order valence-electron chi connectivity index (χ4n) is 1.52. The van der Waals surface area contributed by atoms with Crippen molar-refractivity contribution >= 4 is 18.5 Å². The third-order valence-corrected chi connectivity index (χ3v) is 2.79. The van der Waals surface area contributed by atoms with Gasteiger partial charge in [0, 0.05) is 38.1 Å². The Kier molecular flexibility index (Phi) is 18.1. The number of carbonyl (C=O) groups is 3. The monoisotopic (exact) mass is 476 g/mol. The van der Waals surface area contributed by atoms with Crippen molar-refractivity contribution < 1.29 is 23.9 Å². The molecule has 33 heavy (non-hydrogen) atoms. The predicted molar refractivity (Wildman–Crippen MR) is 135 cm³/mol. The number of hydrogen-bond acceptors (Lipinski definition) is 7. The van der Waals surface area contributed by atoms with Gasteiger partial charge in [0.15, 0.2) is 0 Å². The van der Waals surface area contributed by atoms with Crippen molar-refractivity contribution in [2.75, 3.05) is 32.7 Å². The molecule has 9 nitrogen and oxygen atoms in total. The molecule has 2 amide bonds. The summed E-state index contributed by atoms with van der Waals surface area (Å²) >= 11 is 0. The lowest BCUT2D eigenvalue weighted by Crippen LogP contribution is -2.38. The molecule has 0 aliphatic rings. The highest BCUT2D eigenvalue weighted by atomic mass is 16.6. The summed E-state index contributed by atoms with van der Waals surface area (Å²) in [6.45, 7) is 26.3. The summed E-state index contributed by atoms with van der Waals surface area (Å²) in [7, 11) is 0. The van der Waals surface area contributed by atoms with E-state index in [1.54, 1.807) is 0 Å². The van der Waals surface area contributed by atoms with Crippen molar-refractivity contribution in [3.05, 3.63) is 0 Å². The van der Waals surface area contributed by atoms with Crippen molar-refractivity contribution in [2.45, 2.75) is 94.3 Å². The normalized spacial score (nSPS) is 11.7. The minimum Gasteiger partial charge on any atom is -0.444 e. The number of carbonyl (C=O) groups excluding carboxylic acids is 3. The Bertz CT molecular complexity index is 539. The molecule has 0 heterocycles. The van der Waals surface area contributed by atoms with Crippen LogP contribution < -0.4 is 21.7 Å². The molecule has 0 rings (SSSR count). The van der Waals surface area contributed by atoms with E-state index in [1.165, 1.54) is 0 Å². The maximum Gasteiger partial charge on any atom is 0.407 e. The molecule has 0 bridgehead atoms. The molecule has 0 aliphatic heterocycles. The highest BCUT2D eigenvalue weighted by Crippen LogP contribution is 2.10. The lowest BCUT2D eigenvalue weighted by molar-refractivity contribution is -0.113. The van der Waals surface area contributed by atoms with E-state index in [0.717, 1.165) is 19.4 Å². The van der Waals surface area contributed by atoms with Crippen LogP contribution in [0.1, 0.15) is 83.1 Å². The van der Waals surface area contributed by atoms with Gasteiger partial charge in [-0.05, 0) is 47.0 Å². The standard InChI is InChI=1S/C12H26N2O2.C7H16N2O2.C5H10O/c1-11(2,3)9-13-7-8-14-10(15)16-12(4,5)6;1-7(2,3)11-6(10)9-5-4-8;1-5(2,3)4-6/h13H,7-9H2,1-6H3,(H,14,15);4-5,8H2,1-3H3,(H,9,10);4H,1-3H3. The van der Waals surface area contributed by atoms with E-state index < -0.39 is 17.3 Å². The van der Waals surface area contributed by atoms with E-state index in [1.807, 2.05) is 62.3 Å². The molecule has 0 fully saturated rings. The summed E-state index contributed by atoms with van der Waals surface area (Å²) in [6, 6.07) is 0. The van der Waals surface area contributed by atoms with Crippen molar-refractivity contribution in [2.24, 2.45) is 16.6 Å². The van der Waals surface area contributed by atoms with Crippen molar-refractivity contribution in [3.63, 3.8) is 0 Å². The zero-order valence-electron chi connectivity index (χ0n) is 23.2. The summed E-state index contributed by atoms with van der Waals surface area (Å²) < 4.78 is 10.0. The summed E-state index contributed by atoms with van der Waals surface area (Å²) in [5.74, 6) is 0. The van der Waals surface area contributed by atoms with Crippen LogP contribution in [0.3, 0.4) is 0 Å². The van der Waals surface area contributed by atoms with E-state index in [4.69, 9.17) is 15.2 Å². The van der Waals surface area contributed by atoms with Gasteiger partial charge in [-0.2, -0.15) is 0 Å². The van der Waals surface area contributed by atoms with Crippen LogP contribution in [0.4, 0.5) is 9.59 Å². The van der Waals surface area contributed by atoms with Crippen LogP contribution in [0, 0.1) is 10.8 Å². The Morgan fingerprint density at radius 3 is 1.36 bits per heavy atom. The van der Waals surface area contributed by atoms with E-state index in [0.29, 0.717) is 19.6 Å². The van der Waals surface area contributed by atoms with Gasteiger partial charge in [0.2, 0.25) is 0 Å². The first-order valence-corrected chi connectivity index (χ1v) is 11.4. The Morgan fingerprint density at radius 2 is 1.09 bits per heavy atom. The number of hydrogen-bond donors (Lipinski definition) is 4. The Labute approximate surface area is 202 Å². The molecule has 0 aromatic carbocycles. The van der Waals surface area contributed by atoms with Crippen LogP contribution in [0.2, 0.25) is 0 Å². The molecular weight excluding hydrogens is 424 g/mol. The molecule has 0 aromatic heterocycles. The smallest absolute Gasteiger partial charge is 0.407 e. The predicted octanol–water partition coefficient (Wildman–Crippen LogP) is 3.85. The maximum atomic E-state index is 11.3. The zero-order chi connectivity index (χ0) is 26.9. The quantitative estimate of drug-likeness (QED) is 0.338. The van der Waals surface area contributed by atoms with Gasteiger partial charge in [-0.3, -0.25) is 0 Å². The number of ether oxygens (including phenoxy) is 2. The summed E-state index contributed by atoms with van der Waals surface area (Å²) in [4.78, 5) is 31.9. The van der Waals surface area contributed by atoms with Crippen LogP contribution in [0.15, 0.2) is 0 Å². The van der Waals surface area contributed by atoms with E-state index >= 15 is 0 Å². The van der Waals surface area contributed by atoms with E-state index in [9.17, 15) is 14.4 Å². The molecule has 0 saturated carbocycles. The Morgan fingerprint density at radius 1 is 0.727 bits per heavy atom. The molecule has 0 unspecified atom stereocenters. The van der Waals surface area contributed by atoms with Crippen LogP contribution in [-0.2, 0) is 14.3 Å². The number of rotatable bonds is 6. The minimum atomic E-state index is -0.432. The highest BCUT2D eigenvalue weighted by Gasteiger charge is 2.16. The topological polar surface area (TPSA) is 132 Å². The lowest BCUT2D eigenvalue weighted by Gasteiger charge is -2.21. The van der Waals surface area contributed by atoms with Gasteiger partial charge in [-0.1, -0.05) is 41.5 Å². The van der Waals surface area contributed by atoms with Crippen LogP contribution in [0.25, 0.3) is 0 Å². The van der Waals surface area contributed by atoms with Crippen molar-refractivity contribution in [1.29, 1.82) is 0 Å². The number of nitrogens with two attached hydrogens (primary N) is 1. The molecule has 198 valence electrons. The van der Waals surface area contributed by atoms with E-state index in [2.05, 4.69) is 36.7 Å². The molecule has 0 saturated heterocycles. The average Bonchev–Trinajstić information content (AvgIpc) is 2.56. The van der Waals surface area contributed by atoms with E-state index in [-0.39, 0.29) is 16.9 Å². The molecule has 0 radical (unpaired) electrons. The lowest BCUT2D eigenvalue weighted by atomic mass is 9.97. The largest absolute Gasteiger partial charge is 0.444 e. The van der Waals surface area contributed by atoms with Crippen molar-refractivity contribution in [1.82, 2.24) is 16.0 Å². The summed E-state index contributed by atoms with van der Waals surface area (Å²) in [5.41, 5.74) is 4.44. The van der Waals surface area contributed by atoms with Gasteiger partial charge < -0.3 is 36.0 Å². The molecule has 9 heteroatoms. The molecule has 0 aliphatic carbocycles. The number of amides is 2. The SMILES string of the molecule is CC(C)(C)C=O.CC(C)(C)CNCCNC(=O)OC(C)(C)C.CC(C)(C)OC(=O)NCCN. The first kappa shape index (κ1) is 35.7. The molecule has 0 atom stereocenters. The number of alkyl carbamates (subject to hydrolysis) is 2. The van der Waals surface area contributed by atoms with Gasteiger partial charge in [-0.15, -0.1) is 0 Å². The van der Waals surface area contributed by atoms with Crippen LogP contribution in [0.5, 0.6) is 0 Å². The van der Waals surface area contributed by atoms with Gasteiger partial charge in [0.1, 0.15) is 17.5 Å². The molecular formula is C24H52N4O5. The van der Waals surface area contributed by atoms with Crippen molar-refractivity contribution in [3.8, 4) is 0 Å². The molecule has 0 spiro atoms. The highest BCUT2D eigenvalue weighted by molar-refractivity contribution is 5.67. The van der Waals surface area contributed by atoms with Gasteiger partial charge in [0.25, 0.3) is 0 Å². The fraction of sp³-hybridized carbons (Fsp3) is 0.875. The minimum absolute atomic E-state index is 0.139. The zero-order valence-corrected chi connectivity index (χ0v) is 23.2. The second-order valence-electron chi connectivity index (χ2n) is 11.9. The number of nitrogens with one attached hydrogen (secondary N) is 3. The van der Waals surface area contributed by atoms with Gasteiger partial charge in [0.05, 0.1) is 0 Å². The third kappa shape index (κ3) is 40.9. The first-order chi connectivity index (χ1) is 14.6. The Hall–Kier alpha value is -1.87. The maximum absolute atomic E-state index is 11.3. The first-order valence-electron chi connectivity index (χ1n) is 11.4. The molecule has 0 aromatic rings. The second kappa shape index (κ2) is 16.7.